The van der Waals surface area contributed by atoms with Crippen LogP contribution in [0.25, 0.3) is 0 Å². The Balaban J connectivity index is 0. The molecule has 11 nitrogen and oxygen atoms in total. The van der Waals surface area contributed by atoms with Gasteiger partial charge in [0.25, 0.3) is 0 Å². The number of hydrogen-bond donors (Lipinski definition) is 6. The molecule has 0 aliphatic heterocycles. The maximum Gasteiger partial charge on any atom is 0.353 e. The highest BCUT2D eigenvalue weighted by atomic mass is 32.2. The van der Waals surface area contributed by atoms with Crippen molar-refractivity contribution in [2.24, 2.45) is 10.1 Å². The Morgan fingerprint density at radius 2 is 1.68 bits per heavy atom. The van der Waals surface area contributed by atoms with Gasteiger partial charge in [-0.1, -0.05) is 4.36 Å². The maximum atomic E-state index is 9.90. The fraction of sp³-hybridized carbons (Fsp3) is 0.714. The Kier molecular flexibility index (Phi) is 11.0. The van der Waals surface area contributed by atoms with Crippen LogP contribution in [-0.2, 0) is 15.3 Å². The van der Waals surface area contributed by atoms with Gasteiger partial charge in [-0.2, -0.15) is 8.42 Å². The second-order valence-corrected chi connectivity index (χ2v) is 3.62. The van der Waals surface area contributed by atoms with Crippen molar-refractivity contribution in [1.29, 1.82) is 0 Å². The number of aldehydes is 1. The first-order valence-corrected chi connectivity index (χ1v) is 5.59. The summed E-state index contributed by atoms with van der Waals surface area (Å²) < 4.78 is 21.0. The summed E-state index contributed by atoms with van der Waals surface area (Å²) in [5.41, 5.74) is 4.29. The average molecular weight is 302 g/mol. The average Bonchev–Trinajstić information content (AvgIpc) is 2.34. The first kappa shape index (κ1) is 19.9. The molecular weight excluding hydrogens is 288 g/mol. The number of carbonyl (C=O) groups excluding carboxylic acids is 2. The third kappa shape index (κ3) is 10.2. The number of nitrogens with two attached hydrogens (primary N) is 1. The van der Waals surface area contributed by atoms with E-state index >= 15 is 0 Å². The van der Waals surface area contributed by atoms with E-state index in [9.17, 15) is 18.0 Å². The molecule has 0 bridgehead atoms. The molecule has 0 saturated heterocycles. The van der Waals surface area contributed by atoms with Gasteiger partial charge in [-0.25, -0.2) is 4.79 Å². The first-order valence-electron chi connectivity index (χ1n) is 4.56. The van der Waals surface area contributed by atoms with E-state index < -0.39 is 47.6 Å². The standard InChI is InChI=1S/C6H12O6.CH2N2O3S/c7-1-3(9)5(11)6(12)4(10)2-8;2-1(4)3-7(5)6/h1,3-6,8-12H,2H2;(H2,2,4)/t3-,4+,5+,6+;/m0./s1. The van der Waals surface area contributed by atoms with Gasteiger partial charge < -0.3 is 36.1 Å². The molecule has 0 aromatic heterocycles. The molecule has 12 heteroatoms. The molecule has 7 N–H and O–H groups in total. The van der Waals surface area contributed by atoms with Crippen LogP contribution in [0.2, 0.25) is 0 Å². The van der Waals surface area contributed by atoms with Crippen molar-refractivity contribution in [3.8, 4) is 0 Å². The van der Waals surface area contributed by atoms with E-state index in [1.165, 1.54) is 0 Å². The number of aliphatic hydroxyl groups is 5. The summed E-state index contributed by atoms with van der Waals surface area (Å²) in [7, 11) is -2.70. The van der Waals surface area contributed by atoms with Crippen molar-refractivity contribution in [2.45, 2.75) is 24.4 Å². The molecule has 0 saturated carbocycles. The molecule has 0 rings (SSSR count). The number of amides is 2. The largest absolute Gasteiger partial charge is 0.394 e. The Hall–Kier alpha value is -1.44. The lowest BCUT2D eigenvalue weighted by Gasteiger charge is -2.22. The van der Waals surface area contributed by atoms with Crippen LogP contribution in [0.1, 0.15) is 0 Å². The van der Waals surface area contributed by atoms with Crippen molar-refractivity contribution >= 4 is 22.8 Å². The second kappa shape index (κ2) is 10.5. The zero-order valence-corrected chi connectivity index (χ0v) is 10.2. The summed E-state index contributed by atoms with van der Waals surface area (Å²) in [5.74, 6) is 0. The monoisotopic (exact) mass is 302 g/mol. The summed E-state index contributed by atoms with van der Waals surface area (Å²) in [6.45, 7) is -0.760. The van der Waals surface area contributed by atoms with Gasteiger partial charge in [0.15, 0.2) is 6.29 Å². The number of hydrogen-bond acceptors (Lipinski definition) is 9. The summed E-state index contributed by atoms with van der Waals surface area (Å²) in [6.07, 6.45) is -6.84. The highest BCUT2D eigenvalue weighted by Crippen LogP contribution is 2.02. The van der Waals surface area contributed by atoms with Gasteiger partial charge in [0.05, 0.1) is 6.61 Å². The van der Waals surface area contributed by atoms with E-state index in [-0.39, 0.29) is 6.29 Å². The zero-order valence-electron chi connectivity index (χ0n) is 9.40. The normalized spacial score (nSPS) is 16.1. The second-order valence-electron chi connectivity index (χ2n) is 3.00. The molecule has 0 fully saturated rings. The van der Waals surface area contributed by atoms with Gasteiger partial charge >= 0.3 is 16.5 Å². The number of nitrogens with zero attached hydrogens (tertiary/aromatic N) is 1. The molecule has 0 aliphatic carbocycles. The predicted octanol–water partition coefficient (Wildman–Crippen LogP) is -4.25. The van der Waals surface area contributed by atoms with Crippen LogP contribution >= 0.6 is 0 Å². The number of aliphatic hydroxyl groups excluding tert-OH is 5. The fourth-order valence-corrected chi connectivity index (χ4v) is 0.839. The molecule has 0 heterocycles. The molecule has 2 amide bonds. The van der Waals surface area contributed by atoms with Crippen LogP contribution in [0.4, 0.5) is 4.79 Å². The van der Waals surface area contributed by atoms with E-state index in [2.05, 4.69) is 10.1 Å². The summed E-state index contributed by atoms with van der Waals surface area (Å²) in [4.78, 5) is 19.4. The molecule has 0 aliphatic rings. The molecule has 0 aromatic carbocycles. The van der Waals surface area contributed by atoms with E-state index in [4.69, 9.17) is 25.5 Å². The predicted molar refractivity (Wildman–Crippen MR) is 58.1 cm³/mol. The van der Waals surface area contributed by atoms with E-state index in [1.54, 1.807) is 0 Å². The molecule has 4 atom stereocenters. The number of rotatable bonds is 5. The van der Waals surface area contributed by atoms with Crippen molar-refractivity contribution < 1.29 is 43.5 Å². The quantitative estimate of drug-likeness (QED) is 0.271. The van der Waals surface area contributed by atoms with Crippen LogP contribution < -0.4 is 5.73 Å². The van der Waals surface area contributed by atoms with Gasteiger partial charge in [0.2, 0.25) is 0 Å². The lowest BCUT2D eigenvalue weighted by atomic mass is 10.0. The smallest absolute Gasteiger partial charge is 0.353 e. The van der Waals surface area contributed by atoms with Crippen LogP contribution in [0.3, 0.4) is 0 Å². The van der Waals surface area contributed by atoms with Crippen molar-refractivity contribution in [3.63, 3.8) is 0 Å². The van der Waals surface area contributed by atoms with Crippen LogP contribution in [-0.4, -0.2) is 77.3 Å². The molecule has 0 unspecified atom stereocenters. The number of urea groups is 1. The van der Waals surface area contributed by atoms with Crippen LogP contribution in [0.15, 0.2) is 4.36 Å². The van der Waals surface area contributed by atoms with Crippen molar-refractivity contribution in [3.05, 3.63) is 0 Å². The van der Waals surface area contributed by atoms with Crippen molar-refractivity contribution in [2.75, 3.05) is 6.61 Å². The van der Waals surface area contributed by atoms with E-state index in [0.717, 1.165) is 0 Å². The fourth-order valence-electron chi connectivity index (χ4n) is 0.692. The highest BCUT2D eigenvalue weighted by Gasteiger charge is 2.29. The minimum Gasteiger partial charge on any atom is -0.394 e. The third-order valence-corrected chi connectivity index (χ3v) is 1.91. The van der Waals surface area contributed by atoms with Gasteiger partial charge in [0, 0.05) is 0 Å². The van der Waals surface area contributed by atoms with Crippen LogP contribution in [0, 0.1) is 0 Å². The molecule has 0 aromatic rings. The van der Waals surface area contributed by atoms with Gasteiger partial charge in [-0.3, -0.25) is 0 Å². The summed E-state index contributed by atoms with van der Waals surface area (Å²) in [6, 6.07) is -1.20. The topological polar surface area (TPSA) is 208 Å². The Labute approximate surface area is 108 Å². The lowest BCUT2D eigenvalue weighted by molar-refractivity contribution is -0.136. The van der Waals surface area contributed by atoms with Crippen LogP contribution in [0.5, 0.6) is 0 Å². The zero-order chi connectivity index (χ0) is 15.6. The Morgan fingerprint density at radius 3 is 1.89 bits per heavy atom. The van der Waals surface area contributed by atoms with Gasteiger partial charge in [-0.15, -0.1) is 0 Å². The number of primary amides is 1. The number of carbonyl (C=O) groups is 2. The molecule has 19 heavy (non-hydrogen) atoms. The molecular formula is C7H14N2O9S. The Bertz CT molecular complexity index is 401. The Morgan fingerprint density at radius 1 is 1.21 bits per heavy atom. The van der Waals surface area contributed by atoms with E-state index in [1.807, 2.05) is 0 Å². The first-order chi connectivity index (χ1) is 8.67. The van der Waals surface area contributed by atoms with E-state index in [0.29, 0.717) is 0 Å². The maximum absolute atomic E-state index is 9.90. The minimum absolute atomic E-state index is 0.0258. The van der Waals surface area contributed by atoms with Crippen molar-refractivity contribution in [1.82, 2.24) is 0 Å². The molecule has 112 valence electrons. The SMILES string of the molecule is NC(=O)N=S(=O)=O.O=C[C@H](O)[C@@H](O)[C@H](O)[C@H](O)CO. The van der Waals surface area contributed by atoms with Gasteiger partial charge in [0.1, 0.15) is 24.4 Å². The summed E-state index contributed by atoms with van der Waals surface area (Å²) >= 11 is 0. The minimum atomic E-state index is -2.70. The third-order valence-electron chi connectivity index (χ3n) is 1.59. The highest BCUT2D eigenvalue weighted by molar-refractivity contribution is 7.62. The summed E-state index contributed by atoms with van der Waals surface area (Å²) in [5, 5.41) is 43.5. The van der Waals surface area contributed by atoms with Gasteiger partial charge in [-0.05, 0) is 0 Å². The molecule has 0 radical (unpaired) electrons. The molecule has 0 spiro atoms. The lowest BCUT2D eigenvalue weighted by Crippen LogP contribution is -2.46.